The Hall–Kier alpha value is -4.41. The van der Waals surface area contributed by atoms with Gasteiger partial charge in [-0.3, -0.25) is 14.7 Å². The molecule has 1 aliphatic heterocycles. The third-order valence-electron chi connectivity index (χ3n) is 6.33. The smallest absolute Gasteiger partial charge is 0.247 e. The van der Waals surface area contributed by atoms with Crippen LogP contribution in [0.15, 0.2) is 67.6 Å². The zero-order chi connectivity index (χ0) is 27.2. The second-order valence-electron chi connectivity index (χ2n) is 9.13. The predicted molar refractivity (Wildman–Crippen MR) is 149 cm³/mol. The average Bonchev–Trinajstić information content (AvgIpc) is 2.94. The molecular weight excluding hydrogens is 499 g/mol. The molecule has 200 valence electrons. The lowest BCUT2D eigenvalue weighted by atomic mass is 10.1. The number of aryl methyl sites for hydroxylation is 1. The molecule has 3 heterocycles. The summed E-state index contributed by atoms with van der Waals surface area (Å²) < 4.78 is 26.0. The maximum absolute atomic E-state index is 14.5. The van der Waals surface area contributed by atoms with Crippen LogP contribution in [0, 0.1) is 12.7 Å². The molecule has 0 spiro atoms. The van der Waals surface area contributed by atoms with Crippen LogP contribution in [-0.2, 0) is 9.53 Å². The van der Waals surface area contributed by atoms with Crippen LogP contribution in [0.2, 0.25) is 0 Å². The van der Waals surface area contributed by atoms with Gasteiger partial charge < -0.3 is 20.1 Å². The van der Waals surface area contributed by atoms with Gasteiger partial charge in [0, 0.05) is 48.5 Å². The summed E-state index contributed by atoms with van der Waals surface area (Å²) in [6, 6.07) is 12.3. The molecule has 1 fully saturated rings. The highest BCUT2D eigenvalue weighted by Crippen LogP contribution is 2.34. The lowest BCUT2D eigenvalue weighted by molar-refractivity contribution is -0.111. The van der Waals surface area contributed by atoms with E-state index in [1.54, 1.807) is 37.4 Å². The van der Waals surface area contributed by atoms with Gasteiger partial charge in [-0.2, -0.15) is 0 Å². The summed E-state index contributed by atoms with van der Waals surface area (Å²) in [5.74, 6) is 0.268. The number of carbonyl (C=O) groups is 1. The molecule has 4 aromatic rings. The van der Waals surface area contributed by atoms with Crippen molar-refractivity contribution < 1.29 is 18.7 Å². The average molecular weight is 529 g/mol. The van der Waals surface area contributed by atoms with E-state index in [1.165, 1.54) is 18.5 Å². The minimum atomic E-state index is -0.386. The zero-order valence-electron chi connectivity index (χ0n) is 21.6. The molecule has 0 unspecified atom stereocenters. The largest absolute Gasteiger partial charge is 0.490 e. The Morgan fingerprint density at radius 2 is 2.03 bits per heavy atom. The molecule has 0 aliphatic carbocycles. The van der Waals surface area contributed by atoms with E-state index in [9.17, 15) is 9.18 Å². The normalized spacial score (nSPS) is 13.7. The van der Waals surface area contributed by atoms with Gasteiger partial charge in [0.2, 0.25) is 5.91 Å². The molecule has 2 aromatic carbocycles. The molecular formula is C29H29FN6O3. The van der Waals surface area contributed by atoms with Gasteiger partial charge in [-0.05, 0) is 42.8 Å². The summed E-state index contributed by atoms with van der Waals surface area (Å²) in [5.41, 5.74) is 3.45. The predicted octanol–water partition coefficient (Wildman–Crippen LogP) is 4.72. The first-order valence-electron chi connectivity index (χ1n) is 12.6. The van der Waals surface area contributed by atoms with Gasteiger partial charge in [0.05, 0.1) is 24.4 Å². The van der Waals surface area contributed by atoms with Crippen molar-refractivity contribution in [3.63, 3.8) is 0 Å². The monoisotopic (exact) mass is 528 g/mol. The molecule has 1 amide bonds. The Balaban J connectivity index is 1.43. The highest BCUT2D eigenvalue weighted by Gasteiger charge is 2.15. The number of pyridine rings is 1. The van der Waals surface area contributed by atoms with E-state index in [4.69, 9.17) is 9.47 Å². The standard InChI is InChI=1S/C29H29FN6O3/c1-3-27(37)35-25-15-22-24(16-26(25)39-12-9-36-7-10-38-11-8-36)32-18-33-29(22)34-21-6-4-5-20(14-21)28-23(30)13-19(2)17-31-28/h3-6,13-18H,1,7-12H2,2H3,(H,35,37)(H,32,33,34). The van der Waals surface area contributed by atoms with Crippen LogP contribution in [0.1, 0.15) is 5.56 Å². The van der Waals surface area contributed by atoms with Gasteiger partial charge in [-0.1, -0.05) is 18.7 Å². The van der Waals surface area contributed by atoms with E-state index >= 15 is 0 Å². The minimum Gasteiger partial charge on any atom is -0.490 e. The number of ether oxygens (including phenoxy) is 2. The SMILES string of the molecule is C=CC(=O)Nc1cc2c(Nc3cccc(-c4ncc(C)cc4F)c3)ncnc2cc1OCCN1CCOCC1. The number of morpholine rings is 1. The van der Waals surface area contributed by atoms with Crippen molar-refractivity contribution in [1.29, 1.82) is 0 Å². The van der Waals surface area contributed by atoms with E-state index in [1.807, 2.05) is 12.1 Å². The van der Waals surface area contributed by atoms with Crippen LogP contribution in [-0.4, -0.2) is 65.2 Å². The lowest BCUT2D eigenvalue weighted by Gasteiger charge is -2.26. The van der Waals surface area contributed by atoms with Gasteiger partial charge in [0.1, 0.15) is 36.0 Å². The fourth-order valence-electron chi connectivity index (χ4n) is 4.32. The number of anilines is 3. The maximum atomic E-state index is 14.5. The molecule has 2 N–H and O–H groups in total. The molecule has 0 radical (unpaired) electrons. The van der Waals surface area contributed by atoms with Crippen LogP contribution >= 0.6 is 0 Å². The Labute approximate surface area is 225 Å². The topological polar surface area (TPSA) is 102 Å². The van der Waals surface area contributed by atoms with Crippen molar-refractivity contribution in [2.75, 3.05) is 50.1 Å². The second-order valence-corrected chi connectivity index (χ2v) is 9.13. The number of aromatic nitrogens is 3. The fraction of sp³-hybridized carbons (Fsp3) is 0.241. The van der Waals surface area contributed by atoms with Gasteiger partial charge in [0.25, 0.3) is 0 Å². The molecule has 1 saturated heterocycles. The second kappa shape index (κ2) is 12.0. The number of amides is 1. The van der Waals surface area contributed by atoms with Crippen molar-refractivity contribution >= 4 is 34.0 Å². The number of halogens is 1. The number of carbonyl (C=O) groups excluding carboxylic acids is 1. The van der Waals surface area contributed by atoms with E-state index < -0.39 is 0 Å². The Kier molecular flexibility index (Phi) is 8.04. The van der Waals surface area contributed by atoms with Crippen LogP contribution in [0.3, 0.4) is 0 Å². The summed E-state index contributed by atoms with van der Waals surface area (Å²) >= 11 is 0. The highest BCUT2D eigenvalue weighted by atomic mass is 19.1. The molecule has 5 rings (SSSR count). The molecule has 1 aliphatic rings. The minimum absolute atomic E-state index is 0.269. The Morgan fingerprint density at radius 3 is 2.82 bits per heavy atom. The molecule has 0 saturated carbocycles. The molecule has 0 bridgehead atoms. The van der Waals surface area contributed by atoms with Crippen LogP contribution in [0.4, 0.5) is 21.6 Å². The van der Waals surface area contributed by atoms with E-state index in [-0.39, 0.29) is 17.4 Å². The third kappa shape index (κ3) is 6.36. The molecule has 0 atom stereocenters. The fourth-order valence-corrected chi connectivity index (χ4v) is 4.32. The van der Waals surface area contributed by atoms with Crippen molar-refractivity contribution in [1.82, 2.24) is 19.9 Å². The summed E-state index contributed by atoms with van der Waals surface area (Å²) in [6.45, 7) is 9.66. The molecule has 10 heteroatoms. The zero-order valence-corrected chi connectivity index (χ0v) is 21.6. The Morgan fingerprint density at radius 1 is 1.18 bits per heavy atom. The quantitative estimate of drug-likeness (QED) is 0.301. The van der Waals surface area contributed by atoms with Crippen molar-refractivity contribution in [3.8, 4) is 17.0 Å². The van der Waals surface area contributed by atoms with Crippen molar-refractivity contribution in [2.45, 2.75) is 6.92 Å². The summed E-state index contributed by atoms with van der Waals surface area (Å²) in [6.07, 6.45) is 4.29. The van der Waals surface area contributed by atoms with Gasteiger partial charge in [0.15, 0.2) is 0 Å². The number of fused-ring (bicyclic) bond motifs is 1. The first kappa shape index (κ1) is 26.2. The number of benzene rings is 2. The van der Waals surface area contributed by atoms with Gasteiger partial charge >= 0.3 is 0 Å². The number of hydrogen-bond donors (Lipinski definition) is 2. The van der Waals surface area contributed by atoms with Crippen LogP contribution in [0.5, 0.6) is 5.75 Å². The molecule has 2 aromatic heterocycles. The number of hydrogen-bond acceptors (Lipinski definition) is 8. The van der Waals surface area contributed by atoms with Crippen LogP contribution in [0.25, 0.3) is 22.2 Å². The third-order valence-corrected chi connectivity index (χ3v) is 6.33. The number of nitrogens with zero attached hydrogens (tertiary/aromatic N) is 4. The van der Waals surface area contributed by atoms with E-state index in [2.05, 4.69) is 37.1 Å². The first-order chi connectivity index (χ1) is 19.0. The van der Waals surface area contributed by atoms with Crippen molar-refractivity contribution in [2.24, 2.45) is 0 Å². The highest BCUT2D eigenvalue weighted by molar-refractivity contribution is 6.03. The molecule has 39 heavy (non-hydrogen) atoms. The summed E-state index contributed by atoms with van der Waals surface area (Å²) in [4.78, 5) is 27.6. The lowest BCUT2D eigenvalue weighted by Crippen LogP contribution is -2.38. The number of rotatable bonds is 9. The summed E-state index contributed by atoms with van der Waals surface area (Å²) in [7, 11) is 0. The van der Waals surface area contributed by atoms with Crippen molar-refractivity contribution in [3.05, 3.63) is 79.0 Å². The van der Waals surface area contributed by atoms with E-state index in [0.29, 0.717) is 59.2 Å². The van der Waals surface area contributed by atoms with Crippen LogP contribution < -0.4 is 15.4 Å². The first-order valence-corrected chi connectivity index (χ1v) is 12.6. The summed E-state index contributed by atoms with van der Waals surface area (Å²) in [5, 5.41) is 6.79. The maximum Gasteiger partial charge on any atom is 0.247 e. The number of nitrogens with one attached hydrogen (secondary N) is 2. The van der Waals surface area contributed by atoms with Gasteiger partial charge in [-0.15, -0.1) is 0 Å². The molecule has 9 nitrogen and oxygen atoms in total. The van der Waals surface area contributed by atoms with Gasteiger partial charge in [-0.25, -0.2) is 14.4 Å². The van der Waals surface area contributed by atoms with E-state index in [0.717, 1.165) is 25.2 Å². The Bertz CT molecular complexity index is 1510.